The van der Waals surface area contributed by atoms with Crippen molar-refractivity contribution in [3.05, 3.63) is 6.07 Å². The van der Waals surface area contributed by atoms with E-state index in [4.69, 9.17) is 15.6 Å². The van der Waals surface area contributed by atoms with Gasteiger partial charge in [-0.25, -0.2) is 0 Å². The number of ether oxygens (including phenoxy) is 1. The van der Waals surface area contributed by atoms with Crippen molar-refractivity contribution in [1.29, 1.82) is 0 Å². The molecule has 0 aromatic carbocycles. The van der Waals surface area contributed by atoms with Crippen molar-refractivity contribution in [2.45, 2.75) is 19.9 Å². The van der Waals surface area contributed by atoms with E-state index in [1.807, 2.05) is 13.8 Å². The number of methoxy groups -OCH3 is 1. The van der Waals surface area contributed by atoms with Gasteiger partial charge >= 0.3 is 0 Å². The van der Waals surface area contributed by atoms with Crippen LogP contribution in [0.3, 0.4) is 0 Å². The standard InChI is InChI=1S/C10H18N4O2/c1-6(5-15)7(2)12-8-4-9(16-3)14-10(11)13-8/h4,6-7,15H,5H2,1-3H3,(H3,11,12,13,14). The van der Waals surface area contributed by atoms with Crippen molar-refractivity contribution in [1.82, 2.24) is 9.97 Å². The van der Waals surface area contributed by atoms with E-state index < -0.39 is 0 Å². The van der Waals surface area contributed by atoms with E-state index in [9.17, 15) is 0 Å². The Morgan fingerprint density at radius 2 is 2.19 bits per heavy atom. The summed E-state index contributed by atoms with van der Waals surface area (Å²) in [6, 6.07) is 1.75. The molecule has 0 fully saturated rings. The summed E-state index contributed by atoms with van der Waals surface area (Å²) in [6.07, 6.45) is 0. The third-order valence-corrected chi connectivity index (χ3v) is 2.45. The molecule has 2 unspecified atom stereocenters. The lowest BCUT2D eigenvalue weighted by atomic mass is 10.1. The molecule has 1 aromatic rings. The van der Waals surface area contributed by atoms with Crippen molar-refractivity contribution < 1.29 is 9.84 Å². The molecule has 0 amide bonds. The molecule has 4 N–H and O–H groups in total. The van der Waals surface area contributed by atoms with Gasteiger partial charge in [0, 0.05) is 18.7 Å². The number of aromatic nitrogens is 2. The Morgan fingerprint density at radius 3 is 2.75 bits per heavy atom. The van der Waals surface area contributed by atoms with Crippen LogP contribution in [-0.4, -0.2) is 34.8 Å². The fourth-order valence-electron chi connectivity index (χ4n) is 1.15. The molecule has 6 nitrogen and oxygen atoms in total. The van der Waals surface area contributed by atoms with Crippen molar-refractivity contribution in [2.75, 3.05) is 24.8 Å². The summed E-state index contributed by atoms with van der Waals surface area (Å²) in [5, 5.41) is 12.2. The van der Waals surface area contributed by atoms with Gasteiger partial charge in [-0.2, -0.15) is 9.97 Å². The van der Waals surface area contributed by atoms with Gasteiger partial charge in [-0.05, 0) is 12.8 Å². The molecule has 0 radical (unpaired) electrons. The number of anilines is 2. The smallest absolute Gasteiger partial charge is 0.225 e. The predicted octanol–water partition coefficient (Wildman–Crippen LogP) is 0.496. The lowest BCUT2D eigenvalue weighted by molar-refractivity contribution is 0.226. The normalized spacial score (nSPS) is 14.2. The van der Waals surface area contributed by atoms with E-state index in [-0.39, 0.29) is 24.5 Å². The molecule has 16 heavy (non-hydrogen) atoms. The molecule has 2 atom stereocenters. The first kappa shape index (κ1) is 12.5. The maximum Gasteiger partial charge on any atom is 0.225 e. The minimum Gasteiger partial charge on any atom is -0.481 e. The molecule has 0 saturated heterocycles. The second-order valence-corrected chi connectivity index (χ2v) is 3.75. The fraction of sp³-hybridized carbons (Fsp3) is 0.600. The molecule has 1 aromatic heterocycles. The van der Waals surface area contributed by atoms with Gasteiger partial charge in [0.2, 0.25) is 11.8 Å². The van der Waals surface area contributed by atoms with Crippen LogP contribution in [0.4, 0.5) is 11.8 Å². The summed E-state index contributed by atoms with van der Waals surface area (Å²) in [7, 11) is 1.52. The van der Waals surface area contributed by atoms with Crippen LogP contribution in [0.5, 0.6) is 5.88 Å². The third-order valence-electron chi connectivity index (χ3n) is 2.45. The molecule has 0 aliphatic rings. The highest BCUT2D eigenvalue weighted by Crippen LogP contribution is 2.16. The van der Waals surface area contributed by atoms with Gasteiger partial charge in [0.25, 0.3) is 0 Å². The maximum atomic E-state index is 9.02. The topological polar surface area (TPSA) is 93.3 Å². The predicted molar refractivity (Wildman–Crippen MR) is 62.3 cm³/mol. The number of aliphatic hydroxyl groups is 1. The van der Waals surface area contributed by atoms with Crippen LogP contribution in [0.15, 0.2) is 6.07 Å². The highest BCUT2D eigenvalue weighted by atomic mass is 16.5. The zero-order valence-electron chi connectivity index (χ0n) is 9.77. The Morgan fingerprint density at radius 1 is 1.50 bits per heavy atom. The second-order valence-electron chi connectivity index (χ2n) is 3.75. The number of nitrogen functional groups attached to an aromatic ring is 1. The average Bonchev–Trinajstić information content (AvgIpc) is 2.26. The number of nitrogens with zero attached hydrogens (tertiary/aromatic N) is 2. The molecule has 0 aliphatic heterocycles. The molecule has 0 aliphatic carbocycles. The summed E-state index contributed by atoms with van der Waals surface area (Å²) in [5.41, 5.74) is 5.53. The van der Waals surface area contributed by atoms with E-state index in [1.165, 1.54) is 7.11 Å². The van der Waals surface area contributed by atoms with Crippen LogP contribution < -0.4 is 15.8 Å². The quantitative estimate of drug-likeness (QED) is 0.676. The third kappa shape index (κ3) is 3.23. The zero-order valence-corrected chi connectivity index (χ0v) is 9.77. The van der Waals surface area contributed by atoms with Crippen LogP contribution >= 0.6 is 0 Å². The highest BCUT2D eigenvalue weighted by Gasteiger charge is 2.12. The van der Waals surface area contributed by atoms with Gasteiger partial charge in [0.15, 0.2) is 0 Å². The zero-order chi connectivity index (χ0) is 12.1. The summed E-state index contributed by atoms with van der Waals surface area (Å²) < 4.78 is 4.98. The Balaban J connectivity index is 2.76. The summed E-state index contributed by atoms with van der Waals surface area (Å²) >= 11 is 0. The molecule has 0 bridgehead atoms. The number of hydrogen-bond donors (Lipinski definition) is 3. The second kappa shape index (κ2) is 5.50. The van der Waals surface area contributed by atoms with E-state index in [0.717, 1.165) is 0 Å². The van der Waals surface area contributed by atoms with E-state index in [0.29, 0.717) is 11.7 Å². The minimum absolute atomic E-state index is 0.0870. The molecule has 1 heterocycles. The van der Waals surface area contributed by atoms with Crippen molar-refractivity contribution >= 4 is 11.8 Å². The van der Waals surface area contributed by atoms with Crippen LogP contribution in [-0.2, 0) is 0 Å². The molecular formula is C10H18N4O2. The van der Waals surface area contributed by atoms with Crippen LogP contribution in [0.2, 0.25) is 0 Å². The summed E-state index contributed by atoms with van der Waals surface area (Å²) in [6.45, 7) is 4.02. The Kier molecular flexibility index (Phi) is 4.30. The SMILES string of the molecule is COc1cc(NC(C)C(C)CO)nc(N)n1. The largest absolute Gasteiger partial charge is 0.481 e. The van der Waals surface area contributed by atoms with Crippen LogP contribution in [0, 0.1) is 5.92 Å². The Labute approximate surface area is 94.9 Å². The van der Waals surface area contributed by atoms with Gasteiger partial charge in [-0.3, -0.25) is 0 Å². The maximum absolute atomic E-state index is 9.02. The lowest BCUT2D eigenvalue weighted by Crippen LogP contribution is -2.26. The lowest BCUT2D eigenvalue weighted by Gasteiger charge is -2.19. The van der Waals surface area contributed by atoms with E-state index in [2.05, 4.69) is 15.3 Å². The van der Waals surface area contributed by atoms with E-state index in [1.54, 1.807) is 6.07 Å². The van der Waals surface area contributed by atoms with Gasteiger partial charge < -0.3 is 20.9 Å². The number of nitrogens with two attached hydrogens (primary N) is 1. The number of hydrogen-bond acceptors (Lipinski definition) is 6. The summed E-state index contributed by atoms with van der Waals surface area (Å²) in [4.78, 5) is 7.91. The molecule has 0 spiro atoms. The fourth-order valence-corrected chi connectivity index (χ4v) is 1.15. The van der Waals surface area contributed by atoms with Crippen molar-refractivity contribution in [3.63, 3.8) is 0 Å². The van der Waals surface area contributed by atoms with Gasteiger partial charge in [0.05, 0.1) is 7.11 Å². The highest BCUT2D eigenvalue weighted by molar-refractivity contribution is 5.43. The monoisotopic (exact) mass is 226 g/mol. The molecule has 90 valence electrons. The van der Waals surface area contributed by atoms with Gasteiger partial charge in [-0.15, -0.1) is 0 Å². The molecule has 6 heteroatoms. The molecule has 0 saturated carbocycles. The molecular weight excluding hydrogens is 208 g/mol. The van der Waals surface area contributed by atoms with Crippen LogP contribution in [0.1, 0.15) is 13.8 Å². The minimum atomic E-state index is 0.0870. The Bertz CT molecular complexity index is 346. The van der Waals surface area contributed by atoms with Gasteiger partial charge in [0.1, 0.15) is 5.82 Å². The first-order valence-corrected chi connectivity index (χ1v) is 5.12. The van der Waals surface area contributed by atoms with Crippen LogP contribution in [0.25, 0.3) is 0 Å². The Hall–Kier alpha value is -1.56. The number of aliphatic hydroxyl groups excluding tert-OH is 1. The number of nitrogens with one attached hydrogen (secondary N) is 1. The van der Waals surface area contributed by atoms with E-state index >= 15 is 0 Å². The van der Waals surface area contributed by atoms with Crippen molar-refractivity contribution in [3.8, 4) is 5.88 Å². The molecule has 1 rings (SSSR count). The van der Waals surface area contributed by atoms with Gasteiger partial charge in [-0.1, -0.05) is 6.92 Å². The number of rotatable bonds is 5. The first-order valence-electron chi connectivity index (χ1n) is 5.12. The summed E-state index contributed by atoms with van der Waals surface area (Å²) in [5.74, 6) is 1.30. The average molecular weight is 226 g/mol. The first-order chi connectivity index (χ1) is 7.56. The van der Waals surface area contributed by atoms with Crippen molar-refractivity contribution in [2.24, 2.45) is 5.92 Å².